The molecule has 0 aromatic heterocycles. The number of amides is 1. The van der Waals surface area contributed by atoms with Gasteiger partial charge in [-0.15, -0.1) is 12.4 Å². The number of sulfonamides is 1. The highest BCUT2D eigenvalue weighted by molar-refractivity contribution is 7.89. The topological polar surface area (TPSA) is 92.5 Å². The van der Waals surface area contributed by atoms with Gasteiger partial charge < -0.3 is 11.1 Å². The molecule has 1 heterocycles. The van der Waals surface area contributed by atoms with Crippen LogP contribution in [0.3, 0.4) is 0 Å². The fourth-order valence-electron chi connectivity index (χ4n) is 2.54. The fourth-order valence-corrected chi connectivity index (χ4v) is 4.80. The van der Waals surface area contributed by atoms with Crippen LogP contribution in [0.5, 0.6) is 0 Å². The number of halogens is 3. The lowest BCUT2D eigenvalue weighted by Crippen LogP contribution is -2.46. The van der Waals surface area contributed by atoms with Crippen LogP contribution in [0.2, 0.25) is 10.0 Å². The minimum Gasteiger partial charge on any atom is -0.355 e. The molecule has 1 saturated heterocycles. The summed E-state index contributed by atoms with van der Waals surface area (Å²) in [6.07, 6.45) is 1.25. The van der Waals surface area contributed by atoms with Crippen molar-refractivity contribution in [3.63, 3.8) is 0 Å². The molecule has 136 valence electrons. The maximum atomic E-state index is 12.8. The van der Waals surface area contributed by atoms with Crippen LogP contribution in [0.15, 0.2) is 23.1 Å². The third-order valence-electron chi connectivity index (χ3n) is 3.73. The van der Waals surface area contributed by atoms with Crippen LogP contribution < -0.4 is 11.1 Å². The Hall–Kier alpha value is -0.570. The van der Waals surface area contributed by atoms with E-state index in [1.807, 2.05) is 0 Å². The number of carbonyl (C=O) groups is 1. The fraction of sp³-hybridized carbons (Fsp3) is 0.500. The van der Waals surface area contributed by atoms with Crippen molar-refractivity contribution in [2.75, 3.05) is 26.2 Å². The number of carbonyl (C=O) groups excluding carboxylic acids is 1. The molecule has 10 heteroatoms. The summed E-state index contributed by atoms with van der Waals surface area (Å²) in [5.41, 5.74) is 5.36. The van der Waals surface area contributed by atoms with Crippen LogP contribution in [0.25, 0.3) is 0 Å². The van der Waals surface area contributed by atoms with Crippen LogP contribution in [0.1, 0.15) is 12.8 Å². The van der Waals surface area contributed by atoms with E-state index in [0.29, 0.717) is 32.5 Å². The average molecular weight is 417 g/mol. The van der Waals surface area contributed by atoms with Crippen LogP contribution in [0.4, 0.5) is 0 Å². The van der Waals surface area contributed by atoms with Gasteiger partial charge in [0.05, 0.1) is 16.0 Å². The lowest BCUT2D eigenvalue weighted by Gasteiger charge is -2.31. The molecular formula is C14H20Cl3N3O3S. The average Bonchev–Trinajstić information content (AvgIpc) is 2.55. The molecule has 0 bridgehead atoms. The first-order valence-electron chi connectivity index (χ1n) is 7.30. The highest BCUT2D eigenvalue weighted by Gasteiger charge is 2.34. The standard InChI is InChI=1S/C14H19Cl2N3O3S.ClH/c15-11-4-1-5-12(13(11)16)23(21,22)19-8-2-3-10(9-19)14(20)18-7-6-17;/h1,4-5,10H,2-3,6-9,17H2,(H,18,20);1H. The van der Waals surface area contributed by atoms with Crippen LogP contribution in [0, 0.1) is 5.92 Å². The molecule has 2 rings (SSSR count). The minimum atomic E-state index is -3.79. The first-order chi connectivity index (χ1) is 10.9. The number of benzene rings is 1. The third-order valence-corrected chi connectivity index (χ3v) is 6.57. The van der Waals surface area contributed by atoms with Gasteiger partial charge in [-0.05, 0) is 25.0 Å². The Labute approximate surface area is 158 Å². The summed E-state index contributed by atoms with van der Waals surface area (Å²) in [7, 11) is -3.79. The Morgan fingerprint density at radius 1 is 1.38 bits per heavy atom. The van der Waals surface area contributed by atoms with Crippen molar-refractivity contribution in [1.29, 1.82) is 0 Å². The highest BCUT2D eigenvalue weighted by Crippen LogP contribution is 2.32. The molecule has 1 aliphatic heterocycles. The molecule has 0 aliphatic carbocycles. The molecule has 1 aliphatic rings. The van der Waals surface area contributed by atoms with Crippen LogP contribution >= 0.6 is 35.6 Å². The van der Waals surface area contributed by atoms with Gasteiger partial charge >= 0.3 is 0 Å². The zero-order valence-electron chi connectivity index (χ0n) is 12.9. The molecule has 1 aromatic rings. The van der Waals surface area contributed by atoms with E-state index in [-0.39, 0.29) is 45.7 Å². The lowest BCUT2D eigenvalue weighted by molar-refractivity contribution is -0.126. The molecular weight excluding hydrogens is 397 g/mol. The Morgan fingerprint density at radius 2 is 2.08 bits per heavy atom. The monoisotopic (exact) mass is 415 g/mol. The molecule has 0 spiro atoms. The van der Waals surface area contributed by atoms with E-state index in [0.717, 1.165) is 0 Å². The Balaban J connectivity index is 0.00000288. The maximum absolute atomic E-state index is 12.8. The van der Waals surface area contributed by atoms with E-state index >= 15 is 0 Å². The predicted octanol–water partition coefficient (Wildman–Crippen LogP) is 1.89. The first-order valence-corrected chi connectivity index (χ1v) is 9.49. The van der Waals surface area contributed by atoms with Crippen molar-refractivity contribution >= 4 is 51.5 Å². The van der Waals surface area contributed by atoms with E-state index in [1.165, 1.54) is 22.5 Å². The Morgan fingerprint density at radius 3 is 2.75 bits per heavy atom. The SMILES string of the molecule is Cl.NCCNC(=O)C1CCCN(S(=O)(=O)c2cccc(Cl)c2Cl)C1. The molecule has 6 nitrogen and oxygen atoms in total. The number of rotatable bonds is 5. The summed E-state index contributed by atoms with van der Waals surface area (Å²) in [5, 5.41) is 2.89. The van der Waals surface area contributed by atoms with Gasteiger partial charge in [0.15, 0.2) is 0 Å². The van der Waals surface area contributed by atoms with E-state index in [4.69, 9.17) is 28.9 Å². The zero-order valence-corrected chi connectivity index (χ0v) is 16.0. The minimum absolute atomic E-state index is 0. The quantitative estimate of drug-likeness (QED) is 0.766. The zero-order chi connectivity index (χ0) is 17.0. The van der Waals surface area contributed by atoms with E-state index in [1.54, 1.807) is 0 Å². The molecule has 1 fully saturated rings. The molecule has 0 radical (unpaired) electrons. The Kier molecular flexibility index (Phi) is 8.25. The van der Waals surface area contributed by atoms with E-state index < -0.39 is 10.0 Å². The molecule has 24 heavy (non-hydrogen) atoms. The van der Waals surface area contributed by atoms with Crippen molar-refractivity contribution in [3.8, 4) is 0 Å². The van der Waals surface area contributed by atoms with Crippen molar-refractivity contribution in [3.05, 3.63) is 28.2 Å². The number of hydrogen-bond donors (Lipinski definition) is 2. The summed E-state index contributed by atoms with van der Waals surface area (Å²) in [6.45, 7) is 1.20. The number of nitrogens with one attached hydrogen (secondary N) is 1. The molecule has 1 atom stereocenters. The number of piperidine rings is 1. The van der Waals surface area contributed by atoms with Gasteiger partial charge in [-0.3, -0.25) is 4.79 Å². The summed E-state index contributed by atoms with van der Waals surface area (Å²) >= 11 is 11.9. The second kappa shape index (κ2) is 9.22. The van der Waals surface area contributed by atoms with Gasteiger partial charge in [-0.25, -0.2) is 8.42 Å². The highest BCUT2D eigenvalue weighted by atomic mass is 35.5. The van der Waals surface area contributed by atoms with Gasteiger partial charge in [0.25, 0.3) is 0 Å². The summed E-state index contributed by atoms with van der Waals surface area (Å²) in [5.74, 6) is -0.560. The molecule has 1 unspecified atom stereocenters. The van der Waals surface area contributed by atoms with Gasteiger partial charge in [0.1, 0.15) is 4.90 Å². The van der Waals surface area contributed by atoms with Gasteiger partial charge in [0, 0.05) is 26.2 Å². The normalized spacial score (nSPS) is 18.7. The van der Waals surface area contributed by atoms with Gasteiger partial charge in [-0.2, -0.15) is 4.31 Å². The smallest absolute Gasteiger partial charge is 0.244 e. The number of nitrogens with zero attached hydrogens (tertiary/aromatic N) is 1. The van der Waals surface area contributed by atoms with E-state index in [9.17, 15) is 13.2 Å². The number of nitrogens with two attached hydrogens (primary N) is 1. The molecule has 3 N–H and O–H groups in total. The lowest BCUT2D eigenvalue weighted by atomic mass is 9.99. The van der Waals surface area contributed by atoms with Gasteiger partial charge in [0.2, 0.25) is 15.9 Å². The summed E-state index contributed by atoms with van der Waals surface area (Å²) < 4.78 is 26.8. The molecule has 1 aromatic carbocycles. The molecule has 0 saturated carbocycles. The Bertz CT molecular complexity index is 685. The van der Waals surface area contributed by atoms with E-state index in [2.05, 4.69) is 5.32 Å². The summed E-state index contributed by atoms with van der Waals surface area (Å²) in [4.78, 5) is 12.0. The van der Waals surface area contributed by atoms with Crippen molar-refractivity contribution in [1.82, 2.24) is 9.62 Å². The van der Waals surface area contributed by atoms with Crippen molar-refractivity contribution < 1.29 is 13.2 Å². The van der Waals surface area contributed by atoms with Crippen LogP contribution in [-0.2, 0) is 14.8 Å². The van der Waals surface area contributed by atoms with Gasteiger partial charge in [-0.1, -0.05) is 29.3 Å². The molecule has 1 amide bonds. The largest absolute Gasteiger partial charge is 0.355 e. The number of hydrogen-bond acceptors (Lipinski definition) is 4. The van der Waals surface area contributed by atoms with Crippen molar-refractivity contribution in [2.45, 2.75) is 17.7 Å². The maximum Gasteiger partial charge on any atom is 0.244 e. The second-order valence-corrected chi connectivity index (χ2v) is 8.03. The first kappa shape index (κ1) is 21.5. The predicted molar refractivity (Wildman–Crippen MR) is 97.3 cm³/mol. The summed E-state index contributed by atoms with van der Waals surface area (Å²) in [6, 6.07) is 4.49. The van der Waals surface area contributed by atoms with Crippen LogP contribution in [-0.4, -0.2) is 44.8 Å². The second-order valence-electron chi connectivity index (χ2n) is 5.33. The third kappa shape index (κ3) is 4.74. The van der Waals surface area contributed by atoms with Crippen molar-refractivity contribution in [2.24, 2.45) is 11.7 Å².